The number of carbonyl (C=O) groups is 2. The highest BCUT2D eigenvalue weighted by Gasteiger charge is 2.22. The van der Waals surface area contributed by atoms with Crippen LogP contribution in [0, 0.1) is 6.92 Å². The number of hydrogen-bond donors (Lipinski definition) is 1. The number of nitrogens with one attached hydrogen (secondary N) is 1. The number of aromatic nitrogens is 1. The van der Waals surface area contributed by atoms with Crippen LogP contribution in [0.2, 0.25) is 0 Å². The van der Waals surface area contributed by atoms with E-state index in [4.69, 9.17) is 14.0 Å². The van der Waals surface area contributed by atoms with Gasteiger partial charge in [0, 0.05) is 26.3 Å². The third kappa shape index (κ3) is 5.32. The summed E-state index contributed by atoms with van der Waals surface area (Å²) in [6.45, 7) is 2.47. The van der Waals surface area contributed by atoms with Crippen molar-refractivity contribution in [3.05, 3.63) is 41.7 Å². The molecule has 0 aliphatic heterocycles. The maximum atomic E-state index is 12.9. The van der Waals surface area contributed by atoms with E-state index in [2.05, 4.69) is 10.5 Å². The number of aryl methyl sites for hydroxylation is 1. The molecule has 1 aromatic carbocycles. The van der Waals surface area contributed by atoms with Gasteiger partial charge >= 0.3 is 0 Å². The largest absolute Gasteiger partial charge is 0.496 e. The Morgan fingerprint density at radius 1 is 1.27 bits per heavy atom. The molecule has 0 unspecified atom stereocenters. The van der Waals surface area contributed by atoms with Gasteiger partial charge in [-0.3, -0.25) is 9.59 Å². The minimum absolute atomic E-state index is 0.119. The van der Waals surface area contributed by atoms with Crippen molar-refractivity contribution in [3.63, 3.8) is 0 Å². The molecular formula is C18H23N3O5. The van der Waals surface area contributed by atoms with Gasteiger partial charge in [0.25, 0.3) is 5.91 Å². The fraction of sp³-hybridized carbons (Fsp3) is 0.389. The molecule has 8 nitrogen and oxygen atoms in total. The van der Waals surface area contributed by atoms with E-state index < -0.39 is 0 Å². The summed E-state index contributed by atoms with van der Waals surface area (Å²) in [5.74, 6) is 0.710. The lowest BCUT2D eigenvalue weighted by Gasteiger charge is -2.23. The predicted octanol–water partition coefficient (Wildman–Crippen LogP) is 2.11. The molecule has 0 radical (unpaired) electrons. The first-order valence-electron chi connectivity index (χ1n) is 8.19. The van der Waals surface area contributed by atoms with E-state index in [0.29, 0.717) is 42.5 Å². The van der Waals surface area contributed by atoms with E-state index in [1.807, 2.05) is 0 Å². The number of anilines is 1. The first-order chi connectivity index (χ1) is 12.5. The lowest BCUT2D eigenvalue weighted by atomic mass is 10.1. The van der Waals surface area contributed by atoms with Crippen molar-refractivity contribution >= 4 is 17.6 Å². The van der Waals surface area contributed by atoms with Crippen LogP contribution in [0.15, 0.2) is 34.9 Å². The molecule has 2 aromatic rings. The standard InChI is InChI=1S/C18H23N3O5/c1-13-11-16(20-26-13)19-17(22)12-21(9-6-10-24-2)18(23)14-7-4-5-8-15(14)25-3/h4-5,7-8,11H,6,9-10,12H2,1-3H3,(H,19,20,22). The summed E-state index contributed by atoms with van der Waals surface area (Å²) in [4.78, 5) is 26.7. The zero-order valence-electron chi connectivity index (χ0n) is 15.2. The molecule has 8 heteroatoms. The molecule has 0 aliphatic carbocycles. The Hall–Kier alpha value is -2.87. The summed E-state index contributed by atoms with van der Waals surface area (Å²) < 4.78 is 15.2. The first kappa shape index (κ1) is 19.5. The molecule has 2 rings (SSSR count). The van der Waals surface area contributed by atoms with Crippen LogP contribution in [0.3, 0.4) is 0 Å². The van der Waals surface area contributed by atoms with Gasteiger partial charge in [-0.1, -0.05) is 17.3 Å². The molecule has 2 amide bonds. The van der Waals surface area contributed by atoms with Crippen molar-refractivity contribution in [2.24, 2.45) is 0 Å². The third-order valence-electron chi connectivity index (χ3n) is 3.63. The van der Waals surface area contributed by atoms with E-state index in [0.717, 1.165) is 0 Å². The molecule has 1 aromatic heterocycles. The predicted molar refractivity (Wildman–Crippen MR) is 95.3 cm³/mol. The molecule has 1 heterocycles. The van der Waals surface area contributed by atoms with Crippen LogP contribution in [0.1, 0.15) is 22.5 Å². The summed E-state index contributed by atoms with van der Waals surface area (Å²) >= 11 is 0. The second-order valence-electron chi connectivity index (χ2n) is 5.64. The van der Waals surface area contributed by atoms with Gasteiger partial charge in [0.05, 0.1) is 12.7 Å². The molecule has 0 spiro atoms. The smallest absolute Gasteiger partial charge is 0.258 e. The van der Waals surface area contributed by atoms with E-state index in [1.54, 1.807) is 44.4 Å². The second-order valence-corrected chi connectivity index (χ2v) is 5.64. The van der Waals surface area contributed by atoms with E-state index in [-0.39, 0.29) is 18.4 Å². The lowest BCUT2D eigenvalue weighted by molar-refractivity contribution is -0.117. The Kier molecular flexibility index (Phi) is 7.16. The van der Waals surface area contributed by atoms with Gasteiger partial charge in [-0.2, -0.15) is 0 Å². The average molecular weight is 361 g/mol. The van der Waals surface area contributed by atoms with Gasteiger partial charge in [0.1, 0.15) is 18.1 Å². The van der Waals surface area contributed by atoms with Crippen LogP contribution >= 0.6 is 0 Å². The van der Waals surface area contributed by atoms with Crippen molar-refractivity contribution in [1.82, 2.24) is 10.1 Å². The number of nitrogens with zero attached hydrogens (tertiary/aromatic N) is 2. The van der Waals surface area contributed by atoms with Crippen molar-refractivity contribution in [3.8, 4) is 5.75 Å². The summed E-state index contributed by atoms with van der Waals surface area (Å²) in [7, 11) is 3.09. The van der Waals surface area contributed by atoms with Gasteiger partial charge in [-0.05, 0) is 25.5 Å². The zero-order chi connectivity index (χ0) is 18.9. The summed E-state index contributed by atoms with van der Waals surface area (Å²) in [6, 6.07) is 8.52. The number of hydrogen-bond acceptors (Lipinski definition) is 6. The van der Waals surface area contributed by atoms with Crippen molar-refractivity contribution < 1.29 is 23.6 Å². The van der Waals surface area contributed by atoms with E-state index in [1.165, 1.54) is 12.0 Å². The molecule has 0 bridgehead atoms. The Labute approximate surface area is 152 Å². The number of ether oxygens (including phenoxy) is 2. The van der Waals surface area contributed by atoms with Gasteiger partial charge in [0.2, 0.25) is 5.91 Å². The molecule has 0 saturated heterocycles. The number of carbonyl (C=O) groups excluding carboxylic acids is 2. The third-order valence-corrected chi connectivity index (χ3v) is 3.63. The van der Waals surface area contributed by atoms with Crippen LogP contribution in [0.5, 0.6) is 5.75 Å². The quantitative estimate of drug-likeness (QED) is 0.688. The van der Waals surface area contributed by atoms with Crippen molar-refractivity contribution in [2.75, 3.05) is 39.2 Å². The van der Waals surface area contributed by atoms with Gasteiger partial charge in [-0.25, -0.2) is 0 Å². The fourth-order valence-electron chi connectivity index (χ4n) is 2.42. The van der Waals surface area contributed by atoms with Crippen LogP contribution in [0.4, 0.5) is 5.82 Å². The van der Waals surface area contributed by atoms with Crippen molar-refractivity contribution in [2.45, 2.75) is 13.3 Å². The SMILES string of the molecule is COCCCN(CC(=O)Nc1cc(C)on1)C(=O)c1ccccc1OC. The fourth-order valence-corrected chi connectivity index (χ4v) is 2.42. The Balaban J connectivity index is 2.11. The molecular weight excluding hydrogens is 338 g/mol. The number of para-hydroxylation sites is 1. The van der Waals surface area contributed by atoms with Crippen molar-refractivity contribution in [1.29, 1.82) is 0 Å². The number of rotatable bonds is 9. The molecule has 0 fully saturated rings. The normalized spacial score (nSPS) is 10.4. The van der Waals surface area contributed by atoms with Gasteiger partial charge in [0.15, 0.2) is 5.82 Å². The summed E-state index contributed by atoms with van der Waals surface area (Å²) in [5.41, 5.74) is 0.400. The average Bonchev–Trinajstić information content (AvgIpc) is 3.05. The van der Waals surface area contributed by atoms with E-state index in [9.17, 15) is 9.59 Å². The second kappa shape index (κ2) is 9.57. The van der Waals surface area contributed by atoms with Crippen LogP contribution in [0.25, 0.3) is 0 Å². The van der Waals surface area contributed by atoms with E-state index >= 15 is 0 Å². The first-order valence-corrected chi connectivity index (χ1v) is 8.19. The Morgan fingerprint density at radius 3 is 2.69 bits per heavy atom. The van der Waals surface area contributed by atoms with Gasteiger partial charge in [-0.15, -0.1) is 0 Å². The maximum Gasteiger partial charge on any atom is 0.258 e. The molecule has 1 N–H and O–H groups in total. The van der Waals surface area contributed by atoms with Gasteiger partial charge < -0.3 is 24.2 Å². The highest BCUT2D eigenvalue weighted by atomic mass is 16.5. The minimum atomic E-state index is -0.362. The summed E-state index contributed by atoms with van der Waals surface area (Å²) in [5, 5.41) is 6.34. The topological polar surface area (TPSA) is 93.9 Å². The monoisotopic (exact) mass is 361 g/mol. The highest BCUT2D eigenvalue weighted by molar-refractivity contribution is 6.00. The molecule has 26 heavy (non-hydrogen) atoms. The number of methoxy groups -OCH3 is 2. The molecule has 0 aliphatic rings. The number of benzene rings is 1. The van der Waals surface area contributed by atoms with Crippen LogP contribution in [-0.4, -0.2) is 55.8 Å². The number of amides is 2. The Morgan fingerprint density at radius 2 is 2.04 bits per heavy atom. The molecule has 0 saturated carbocycles. The molecule has 140 valence electrons. The Bertz CT molecular complexity index is 744. The minimum Gasteiger partial charge on any atom is -0.496 e. The zero-order valence-corrected chi connectivity index (χ0v) is 15.2. The van der Waals surface area contributed by atoms with Crippen LogP contribution in [-0.2, 0) is 9.53 Å². The van der Waals surface area contributed by atoms with Crippen LogP contribution < -0.4 is 10.1 Å². The molecule has 0 atom stereocenters. The maximum absolute atomic E-state index is 12.9. The summed E-state index contributed by atoms with van der Waals surface area (Å²) in [6.07, 6.45) is 0.605. The highest BCUT2D eigenvalue weighted by Crippen LogP contribution is 2.19. The lowest BCUT2D eigenvalue weighted by Crippen LogP contribution is -2.39.